The number of hydrogen-bond acceptors (Lipinski definition) is 2. The molecule has 2 N–H and O–H groups in total. The molecule has 0 rings (SSSR count). The van der Waals surface area contributed by atoms with Gasteiger partial charge in [-0.05, 0) is 0 Å². The van der Waals surface area contributed by atoms with Crippen LogP contribution in [0.5, 0.6) is 0 Å². The molecule has 0 saturated carbocycles. The third kappa shape index (κ3) is 64.7. The van der Waals surface area contributed by atoms with E-state index in [1.54, 1.807) is 0 Å². The number of carboxylic acids is 2. The standard InChI is InChI=1S/C2H4O2.C2H3O2.Ca.Mg.2H/c2*1-2(3)4;;;;/h1H3,(H,3,4);1H2,(H,3,4);;;;/q;;;+2;;. The van der Waals surface area contributed by atoms with Crippen LogP contribution in [0.4, 0.5) is 0 Å². The number of carbonyl (C=O) groups is 2. The summed E-state index contributed by atoms with van der Waals surface area (Å²) < 4.78 is 0.250. The average Bonchev–Trinajstić information content (AvgIpc) is 1.65. The molecule has 4 nitrogen and oxygen atoms in total. The van der Waals surface area contributed by atoms with E-state index in [-0.39, 0.29) is 42.3 Å². The molecule has 0 fully saturated rings. The molecule has 6 heteroatoms. The zero-order valence-corrected chi connectivity index (χ0v) is 6.54. The zero-order valence-electron chi connectivity index (χ0n) is 5.13. The molecule has 0 aromatic heterocycles. The minimum absolute atomic E-state index is 0. The molecule has 10 heavy (non-hydrogen) atoms. The van der Waals surface area contributed by atoms with Crippen LogP contribution in [0.1, 0.15) is 6.92 Å². The summed E-state index contributed by atoms with van der Waals surface area (Å²) in [5.41, 5.74) is 0. The van der Waals surface area contributed by atoms with Gasteiger partial charge in [0.1, 0.15) is 0 Å². The Morgan fingerprint density at radius 2 is 1.50 bits per heavy atom. The molecule has 0 aromatic rings. The van der Waals surface area contributed by atoms with Gasteiger partial charge in [-0.2, -0.15) is 0 Å². The minimum atomic E-state index is -0.833. The number of aliphatic carboxylic acids is 2. The summed E-state index contributed by atoms with van der Waals surface area (Å²) in [7, 11) is 0. The van der Waals surface area contributed by atoms with Gasteiger partial charge in [-0.1, -0.05) is 0 Å². The van der Waals surface area contributed by atoms with E-state index in [1.807, 2.05) is 0 Å². The van der Waals surface area contributed by atoms with Gasteiger partial charge in [-0.25, -0.2) is 4.79 Å². The Bertz CT molecular complexity index is 101. The number of hydrogen-bond donors (Lipinski definition) is 2. The third-order valence-electron chi connectivity index (χ3n) is 0.214. The summed E-state index contributed by atoms with van der Waals surface area (Å²) in [6.45, 7) is 1.08. The summed E-state index contributed by atoms with van der Waals surface area (Å²) in [5, 5.41) is 15.1. The molecule has 0 aliphatic carbocycles. The Labute approximate surface area is 101 Å². The fourth-order valence-corrected chi connectivity index (χ4v) is 0. The van der Waals surface area contributed by atoms with Crippen LogP contribution in [0.15, 0.2) is 0 Å². The van der Waals surface area contributed by atoms with E-state index in [4.69, 9.17) is 15.0 Å². The van der Waals surface area contributed by atoms with Gasteiger partial charge >= 0.3 is 70.0 Å². The Balaban J connectivity index is -0.0000000910. The van der Waals surface area contributed by atoms with Crippen molar-refractivity contribution >= 4 is 71.4 Å². The first-order valence-corrected chi connectivity index (χ1v) is 3.21. The first-order valence-electron chi connectivity index (χ1n) is 2.21. The van der Waals surface area contributed by atoms with Crippen molar-refractivity contribution in [1.29, 1.82) is 0 Å². The number of carboxylic acid groups (broad SMARTS) is 2. The Morgan fingerprint density at radius 3 is 1.50 bits per heavy atom. The SMILES string of the molecule is CC(=O)O.O=C(O)[CH2][Mg+2].[CaH2]. The van der Waals surface area contributed by atoms with Gasteiger partial charge in [-0.3, -0.25) is 4.79 Å². The van der Waals surface area contributed by atoms with E-state index < -0.39 is 11.9 Å². The molecule has 0 aliphatic rings. The molecule has 0 amide bonds. The molecule has 7 radical (unpaired) electrons. The van der Waals surface area contributed by atoms with Crippen LogP contribution < -0.4 is 0 Å². The second-order valence-corrected chi connectivity index (χ2v) is 1.66. The van der Waals surface area contributed by atoms with Gasteiger partial charge in [0.25, 0.3) is 5.97 Å². The molecule has 0 bridgehead atoms. The fraction of sp³-hybridized carbons (Fsp3) is 0.500. The summed E-state index contributed by atoms with van der Waals surface area (Å²) in [5.74, 6) is -1.57. The molecule has 0 saturated heterocycles. The van der Waals surface area contributed by atoms with Gasteiger partial charge in [0.05, 0.1) is 0 Å². The second-order valence-electron chi connectivity index (χ2n) is 1.16. The van der Waals surface area contributed by atoms with Gasteiger partial charge < -0.3 is 10.2 Å². The van der Waals surface area contributed by atoms with E-state index in [0.717, 1.165) is 6.92 Å². The summed E-state index contributed by atoms with van der Waals surface area (Å²) in [6, 6.07) is 0. The average molecular weight is 185 g/mol. The molecule has 0 aromatic carbocycles. The number of rotatable bonds is 1. The Hall–Kier alpha value is 0.966. The van der Waals surface area contributed by atoms with E-state index >= 15 is 0 Å². The van der Waals surface area contributed by atoms with Gasteiger partial charge in [-0.15, -0.1) is 0 Å². The van der Waals surface area contributed by atoms with Crippen molar-refractivity contribution in [2.45, 2.75) is 11.5 Å². The van der Waals surface area contributed by atoms with E-state index in [9.17, 15) is 4.79 Å². The topological polar surface area (TPSA) is 74.6 Å². The van der Waals surface area contributed by atoms with Crippen molar-refractivity contribution in [3.63, 3.8) is 0 Å². The molecular weight excluding hydrogens is 176 g/mol. The van der Waals surface area contributed by atoms with Gasteiger partial charge in [0.2, 0.25) is 0 Å². The molecule has 0 heterocycles. The predicted octanol–water partition coefficient (Wildman–Crippen LogP) is -1.17. The van der Waals surface area contributed by atoms with Crippen LogP contribution in [0.25, 0.3) is 0 Å². The quantitative estimate of drug-likeness (QED) is 0.505. The van der Waals surface area contributed by atoms with E-state index in [2.05, 4.69) is 0 Å². The van der Waals surface area contributed by atoms with Crippen LogP contribution in [0.2, 0.25) is 4.55 Å². The zero-order chi connectivity index (χ0) is 7.86. The van der Waals surface area contributed by atoms with Crippen LogP contribution in [-0.4, -0.2) is 81.6 Å². The van der Waals surface area contributed by atoms with Crippen molar-refractivity contribution in [1.82, 2.24) is 0 Å². The van der Waals surface area contributed by atoms with Crippen molar-refractivity contribution < 1.29 is 19.8 Å². The Morgan fingerprint density at radius 1 is 1.40 bits per heavy atom. The maximum atomic E-state index is 9.38. The van der Waals surface area contributed by atoms with Gasteiger partial charge in [0.15, 0.2) is 0 Å². The van der Waals surface area contributed by atoms with Crippen molar-refractivity contribution in [3.05, 3.63) is 0 Å². The summed E-state index contributed by atoms with van der Waals surface area (Å²) in [4.78, 5) is 18.4. The van der Waals surface area contributed by atoms with Crippen LogP contribution in [0, 0.1) is 0 Å². The molecule has 0 atom stereocenters. The van der Waals surface area contributed by atoms with Crippen molar-refractivity contribution in [3.8, 4) is 0 Å². The van der Waals surface area contributed by atoms with E-state index in [0.29, 0.717) is 0 Å². The molecule has 51 valence electrons. The normalized spacial score (nSPS) is 6.20. The van der Waals surface area contributed by atoms with Crippen molar-refractivity contribution in [2.24, 2.45) is 0 Å². The first kappa shape index (κ1) is 17.2. The second kappa shape index (κ2) is 12.6. The molecule has 0 spiro atoms. The van der Waals surface area contributed by atoms with Gasteiger partial charge in [0, 0.05) is 6.92 Å². The summed E-state index contributed by atoms with van der Waals surface area (Å²) >= 11 is 1.43. The molecular formula is C4H9CaMgO4+2. The molecule has 0 aliphatic heterocycles. The maximum absolute atomic E-state index is 9.38. The van der Waals surface area contributed by atoms with Crippen LogP contribution in [0.3, 0.4) is 0 Å². The Kier molecular flexibility index (Phi) is 21.7. The summed E-state index contributed by atoms with van der Waals surface area (Å²) in [6.07, 6.45) is 0. The molecule has 0 unspecified atom stereocenters. The van der Waals surface area contributed by atoms with Crippen LogP contribution >= 0.6 is 0 Å². The monoisotopic (exact) mass is 185 g/mol. The van der Waals surface area contributed by atoms with E-state index in [1.165, 1.54) is 21.7 Å². The fourth-order valence-electron chi connectivity index (χ4n) is 0. The first-order chi connectivity index (χ1) is 4.00. The van der Waals surface area contributed by atoms with Crippen molar-refractivity contribution in [2.75, 3.05) is 0 Å². The third-order valence-corrected chi connectivity index (χ3v) is 0.642. The predicted molar refractivity (Wildman–Crippen MR) is 40.1 cm³/mol. The van der Waals surface area contributed by atoms with Crippen LogP contribution in [-0.2, 0) is 9.59 Å².